The van der Waals surface area contributed by atoms with Crippen molar-refractivity contribution in [2.24, 2.45) is 5.92 Å². The van der Waals surface area contributed by atoms with E-state index in [1.54, 1.807) is 12.0 Å². The number of halogens is 1. The van der Waals surface area contributed by atoms with E-state index in [0.717, 1.165) is 41.1 Å². The van der Waals surface area contributed by atoms with Crippen LogP contribution in [0.5, 0.6) is 5.75 Å². The highest BCUT2D eigenvalue weighted by Gasteiger charge is 2.40. The van der Waals surface area contributed by atoms with Gasteiger partial charge in [-0.1, -0.05) is 22.0 Å². The van der Waals surface area contributed by atoms with Crippen LogP contribution in [0.2, 0.25) is 0 Å². The van der Waals surface area contributed by atoms with Crippen molar-refractivity contribution >= 4 is 39.1 Å². The van der Waals surface area contributed by atoms with Gasteiger partial charge in [0.25, 0.3) is 0 Å². The summed E-state index contributed by atoms with van der Waals surface area (Å²) in [6, 6.07) is 15.7. The van der Waals surface area contributed by atoms with E-state index in [1.165, 1.54) is 0 Å². The zero-order chi connectivity index (χ0) is 21.1. The van der Waals surface area contributed by atoms with Gasteiger partial charge in [-0.2, -0.15) is 0 Å². The van der Waals surface area contributed by atoms with Crippen molar-refractivity contribution in [3.63, 3.8) is 0 Å². The molecular weight excluding hydrogens is 446 g/mol. The summed E-state index contributed by atoms with van der Waals surface area (Å²) in [5.41, 5.74) is 1.97. The number of hydrogen-bond acceptors (Lipinski definition) is 4. The minimum Gasteiger partial charge on any atom is -0.497 e. The molecule has 4 rings (SSSR count). The summed E-state index contributed by atoms with van der Waals surface area (Å²) in [5, 5.41) is 0. The molecule has 0 aromatic heterocycles. The van der Waals surface area contributed by atoms with Crippen LogP contribution in [0.15, 0.2) is 53.0 Å². The van der Waals surface area contributed by atoms with Gasteiger partial charge >= 0.3 is 0 Å². The maximum Gasteiger partial charge on any atom is 0.239 e. The largest absolute Gasteiger partial charge is 0.497 e. The number of hydrogen-bond donors (Lipinski definition) is 0. The second kappa shape index (κ2) is 9.08. The highest BCUT2D eigenvalue weighted by molar-refractivity contribution is 9.10. The summed E-state index contributed by atoms with van der Waals surface area (Å²) < 4.78 is 6.16. The third-order valence-electron chi connectivity index (χ3n) is 5.87. The molecule has 30 heavy (non-hydrogen) atoms. The van der Waals surface area contributed by atoms with Gasteiger partial charge in [0.05, 0.1) is 7.11 Å². The summed E-state index contributed by atoms with van der Waals surface area (Å²) in [4.78, 5) is 32.0. The second-order valence-corrected chi connectivity index (χ2v) is 8.59. The Morgan fingerprint density at radius 1 is 1.00 bits per heavy atom. The molecule has 2 saturated heterocycles. The highest BCUT2D eigenvalue weighted by Crippen LogP contribution is 2.29. The lowest BCUT2D eigenvalue weighted by Crippen LogP contribution is -2.42. The van der Waals surface area contributed by atoms with Crippen LogP contribution in [0.3, 0.4) is 0 Å². The minimum atomic E-state index is -0.573. The summed E-state index contributed by atoms with van der Waals surface area (Å²) in [5.74, 6) is 0.139. The highest BCUT2D eigenvalue weighted by atomic mass is 79.9. The molecule has 2 aromatic rings. The average molecular weight is 472 g/mol. The predicted molar refractivity (Wildman–Crippen MR) is 121 cm³/mol. The summed E-state index contributed by atoms with van der Waals surface area (Å²) in [6.45, 7) is 3.54. The smallest absolute Gasteiger partial charge is 0.239 e. The van der Waals surface area contributed by atoms with Crippen LogP contribution >= 0.6 is 15.9 Å². The number of nitrogens with zero attached hydrogens (tertiary/aromatic N) is 3. The first kappa shape index (κ1) is 20.7. The molecule has 2 fully saturated rings. The number of carbonyl (C=O) groups excluding carboxylic acids is 2. The fraction of sp³-hybridized carbons (Fsp3) is 0.391. The number of ether oxygens (including phenoxy) is 1. The van der Waals surface area contributed by atoms with Crippen LogP contribution < -0.4 is 14.5 Å². The maximum atomic E-state index is 13.2. The molecule has 0 spiro atoms. The van der Waals surface area contributed by atoms with Crippen molar-refractivity contribution in [3.05, 3.63) is 53.0 Å². The van der Waals surface area contributed by atoms with Crippen molar-refractivity contribution in [1.82, 2.24) is 4.90 Å². The van der Waals surface area contributed by atoms with Crippen LogP contribution in [0.1, 0.15) is 12.8 Å². The average Bonchev–Trinajstić information content (AvgIpc) is 2.98. The predicted octanol–water partition coefficient (Wildman–Crippen LogP) is 3.55. The zero-order valence-corrected chi connectivity index (χ0v) is 18.7. The van der Waals surface area contributed by atoms with Gasteiger partial charge in [0.15, 0.2) is 0 Å². The van der Waals surface area contributed by atoms with Crippen molar-refractivity contribution in [2.45, 2.75) is 12.8 Å². The Bertz CT molecular complexity index is 918. The summed E-state index contributed by atoms with van der Waals surface area (Å²) >= 11 is 3.45. The molecule has 1 atom stereocenters. The SMILES string of the molecule is COc1ccc(N2CCCN(C(=O)C3CCN(c4cccc(Br)c4)C3=O)CC2)cc1. The second-order valence-electron chi connectivity index (χ2n) is 7.67. The molecule has 7 heteroatoms. The maximum absolute atomic E-state index is 13.2. The molecule has 2 aromatic carbocycles. The molecule has 1 unspecified atom stereocenters. The van der Waals surface area contributed by atoms with Gasteiger partial charge in [-0.25, -0.2) is 0 Å². The number of methoxy groups -OCH3 is 1. The van der Waals surface area contributed by atoms with Gasteiger partial charge in [-0.05, 0) is 55.3 Å². The fourth-order valence-electron chi connectivity index (χ4n) is 4.22. The Balaban J connectivity index is 1.39. The topological polar surface area (TPSA) is 53.1 Å². The van der Waals surface area contributed by atoms with E-state index >= 15 is 0 Å². The molecule has 6 nitrogen and oxygen atoms in total. The molecule has 0 saturated carbocycles. The van der Waals surface area contributed by atoms with Gasteiger partial charge in [-0.3, -0.25) is 9.59 Å². The minimum absolute atomic E-state index is 0.0333. The lowest BCUT2D eigenvalue weighted by atomic mass is 10.1. The molecule has 0 aliphatic carbocycles. The van der Waals surface area contributed by atoms with Crippen molar-refractivity contribution < 1.29 is 14.3 Å². The first-order chi connectivity index (χ1) is 14.6. The van der Waals surface area contributed by atoms with E-state index < -0.39 is 5.92 Å². The molecule has 2 heterocycles. The molecule has 2 amide bonds. The summed E-state index contributed by atoms with van der Waals surface area (Å²) in [6.07, 6.45) is 1.46. The van der Waals surface area contributed by atoms with Crippen molar-refractivity contribution in [2.75, 3.05) is 49.6 Å². The molecule has 2 aliphatic rings. The van der Waals surface area contributed by atoms with Crippen LogP contribution in [0.25, 0.3) is 0 Å². The fourth-order valence-corrected chi connectivity index (χ4v) is 4.61. The van der Waals surface area contributed by atoms with E-state index in [0.29, 0.717) is 26.1 Å². The Morgan fingerprint density at radius 3 is 2.53 bits per heavy atom. The molecule has 2 aliphatic heterocycles. The standard InChI is InChI=1S/C23H26BrN3O3/c1-30-20-8-6-18(7-9-20)25-11-3-12-26(15-14-25)22(28)21-10-13-27(23(21)29)19-5-2-4-17(24)16-19/h2,4-9,16,21H,3,10-15H2,1H3. The van der Waals surface area contributed by atoms with Gasteiger partial charge in [0.2, 0.25) is 11.8 Å². The van der Waals surface area contributed by atoms with E-state index in [2.05, 4.69) is 20.8 Å². The Kier molecular flexibility index (Phi) is 6.27. The number of rotatable bonds is 4. The Morgan fingerprint density at radius 2 is 1.80 bits per heavy atom. The molecule has 0 radical (unpaired) electrons. The molecule has 158 valence electrons. The van der Waals surface area contributed by atoms with Crippen LogP contribution in [0.4, 0.5) is 11.4 Å². The number of anilines is 2. The Labute approximate surface area is 185 Å². The van der Waals surface area contributed by atoms with E-state index in [4.69, 9.17) is 4.74 Å². The quantitative estimate of drug-likeness (QED) is 0.639. The number of carbonyl (C=O) groups is 2. The lowest BCUT2D eigenvalue weighted by Gasteiger charge is -2.25. The monoisotopic (exact) mass is 471 g/mol. The zero-order valence-electron chi connectivity index (χ0n) is 17.1. The van der Waals surface area contributed by atoms with E-state index in [-0.39, 0.29) is 11.8 Å². The third kappa shape index (κ3) is 4.31. The lowest BCUT2D eigenvalue weighted by molar-refractivity contribution is -0.139. The van der Waals surface area contributed by atoms with Gasteiger partial charge < -0.3 is 19.4 Å². The molecule has 0 N–H and O–H groups in total. The number of amides is 2. The van der Waals surface area contributed by atoms with Crippen LogP contribution in [0, 0.1) is 5.92 Å². The third-order valence-corrected chi connectivity index (χ3v) is 6.36. The first-order valence-corrected chi connectivity index (χ1v) is 11.1. The normalized spacial score (nSPS) is 19.7. The van der Waals surface area contributed by atoms with E-state index in [1.807, 2.05) is 53.4 Å². The van der Waals surface area contributed by atoms with Crippen LogP contribution in [-0.4, -0.2) is 56.5 Å². The van der Waals surface area contributed by atoms with E-state index in [9.17, 15) is 9.59 Å². The summed E-state index contributed by atoms with van der Waals surface area (Å²) in [7, 11) is 1.66. The molecule has 0 bridgehead atoms. The van der Waals surface area contributed by atoms with Gasteiger partial charge in [0.1, 0.15) is 11.7 Å². The Hall–Kier alpha value is -2.54. The first-order valence-electron chi connectivity index (χ1n) is 10.3. The molecular formula is C23H26BrN3O3. The van der Waals surface area contributed by atoms with Gasteiger partial charge in [-0.15, -0.1) is 0 Å². The number of benzene rings is 2. The van der Waals surface area contributed by atoms with Crippen molar-refractivity contribution in [1.29, 1.82) is 0 Å². The van der Waals surface area contributed by atoms with Crippen molar-refractivity contribution in [3.8, 4) is 5.75 Å². The van der Waals surface area contributed by atoms with Crippen LogP contribution in [-0.2, 0) is 9.59 Å². The van der Waals surface area contributed by atoms with Gasteiger partial charge in [0, 0.05) is 48.6 Å².